The van der Waals surface area contributed by atoms with E-state index < -0.39 is 5.97 Å². The van der Waals surface area contributed by atoms with Crippen molar-refractivity contribution in [2.75, 3.05) is 24.0 Å². The number of pyridine rings is 1. The zero-order valence-electron chi connectivity index (χ0n) is 15.3. The Hall–Kier alpha value is -3.33. The van der Waals surface area contributed by atoms with Crippen molar-refractivity contribution in [1.29, 1.82) is 0 Å². The lowest BCUT2D eigenvalue weighted by atomic mass is 10.2. The molecule has 9 heteroatoms. The quantitative estimate of drug-likeness (QED) is 0.314. The van der Waals surface area contributed by atoms with Crippen LogP contribution in [0.3, 0.4) is 0 Å². The van der Waals surface area contributed by atoms with Gasteiger partial charge >= 0.3 is 5.97 Å². The van der Waals surface area contributed by atoms with Crippen molar-refractivity contribution in [2.24, 2.45) is 0 Å². The molecule has 0 bridgehead atoms. The zero-order valence-corrected chi connectivity index (χ0v) is 16.2. The van der Waals surface area contributed by atoms with Crippen LogP contribution in [0.5, 0.6) is 5.75 Å². The number of rotatable bonds is 7. The first-order valence-electron chi connectivity index (χ1n) is 8.33. The lowest BCUT2D eigenvalue weighted by molar-refractivity contribution is 0.0600. The number of nitrogens with zero attached hydrogens (tertiary/aromatic N) is 3. The van der Waals surface area contributed by atoms with Crippen LogP contribution in [0.25, 0.3) is 0 Å². The van der Waals surface area contributed by atoms with Gasteiger partial charge in [-0.3, -0.25) is 0 Å². The van der Waals surface area contributed by atoms with Gasteiger partial charge < -0.3 is 20.5 Å². The Balaban J connectivity index is 1.73. The highest BCUT2D eigenvalue weighted by Crippen LogP contribution is 2.21. The number of hydrogen-bond donors (Lipinski definition) is 3. The van der Waals surface area contributed by atoms with Gasteiger partial charge in [0.15, 0.2) is 5.16 Å². The van der Waals surface area contributed by atoms with Gasteiger partial charge in [-0.05, 0) is 36.1 Å². The van der Waals surface area contributed by atoms with Gasteiger partial charge in [-0.15, -0.1) is 0 Å². The van der Waals surface area contributed by atoms with Crippen LogP contribution in [0, 0.1) is 0 Å². The van der Waals surface area contributed by atoms with Gasteiger partial charge in [-0.1, -0.05) is 23.9 Å². The van der Waals surface area contributed by atoms with E-state index in [1.54, 1.807) is 30.3 Å². The number of carbonyl (C=O) groups excluding carboxylic acids is 1. The van der Waals surface area contributed by atoms with E-state index in [4.69, 9.17) is 0 Å². The molecule has 0 unspecified atom stereocenters. The molecule has 0 radical (unpaired) electrons. The Kier molecular flexibility index (Phi) is 6.28. The average molecular weight is 397 g/mol. The highest BCUT2D eigenvalue weighted by molar-refractivity contribution is 7.98. The highest BCUT2D eigenvalue weighted by Gasteiger charge is 2.08. The van der Waals surface area contributed by atoms with Gasteiger partial charge in [0.1, 0.15) is 23.2 Å². The van der Waals surface area contributed by atoms with Crippen LogP contribution in [0.15, 0.2) is 53.8 Å². The van der Waals surface area contributed by atoms with E-state index in [2.05, 4.69) is 30.3 Å². The predicted molar refractivity (Wildman–Crippen MR) is 108 cm³/mol. The van der Waals surface area contributed by atoms with Crippen LogP contribution in [-0.2, 0) is 11.3 Å². The average Bonchev–Trinajstić information content (AvgIpc) is 2.73. The van der Waals surface area contributed by atoms with E-state index in [1.807, 2.05) is 18.4 Å². The fourth-order valence-electron chi connectivity index (χ4n) is 2.32. The first-order valence-corrected chi connectivity index (χ1v) is 9.56. The summed E-state index contributed by atoms with van der Waals surface area (Å²) in [6.07, 6.45) is 3.33. The summed E-state index contributed by atoms with van der Waals surface area (Å²) in [6, 6.07) is 12.0. The normalized spacial score (nSPS) is 10.4. The number of phenolic OH excluding ortho intramolecular Hbond substituents is 1. The smallest absolute Gasteiger partial charge is 0.339 e. The summed E-state index contributed by atoms with van der Waals surface area (Å²) in [6.45, 7) is 0.552. The molecule has 3 rings (SSSR count). The van der Waals surface area contributed by atoms with Crippen LogP contribution in [-0.4, -0.2) is 39.4 Å². The SMILES string of the molecule is COC(=O)c1ccc(Nc2cc(NCc3ccc(O)cc3)nc(SC)n2)nc1. The Labute approximate surface area is 166 Å². The molecule has 0 aliphatic rings. The van der Waals surface area contributed by atoms with E-state index in [0.717, 1.165) is 5.56 Å². The molecule has 0 amide bonds. The maximum Gasteiger partial charge on any atom is 0.339 e. The molecule has 28 heavy (non-hydrogen) atoms. The second-order valence-corrected chi connectivity index (χ2v) is 6.47. The topological polar surface area (TPSA) is 109 Å². The fourth-order valence-corrected chi connectivity index (χ4v) is 2.69. The molecule has 144 valence electrons. The van der Waals surface area contributed by atoms with Crippen molar-refractivity contribution < 1.29 is 14.6 Å². The van der Waals surface area contributed by atoms with Gasteiger partial charge in [0.2, 0.25) is 0 Å². The van der Waals surface area contributed by atoms with Crippen LogP contribution in [0.1, 0.15) is 15.9 Å². The summed E-state index contributed by atoms with van der Waals surface area (Å²) in [7, 11) is 1.33. The Morgan fingerprint density at radius 3 is 2.50 bits per heavy atom. The number of hydrogen-bond acceptors (Lipinski definition) is 9. The standard InChI is InChI=1S/C19H19N5O3S/c1-27-18(26)13-5-8-15(21-11-13)22-17-9-16(23-19(24-17)28-2)20-10-12-3-6-14(25)7-4-12/h3-9,11,25H,10H2,1-2H3,(H2,20,21,22,23,24). The van der Waals surface area contributed by atoms with Gasteiger partial charge in [0, 0.05) is 18.8 Å². The van der Waals surface area contributed by atoms with Crippen molar-refractivity contribution in [3.05, 3.63) is 59.8 Å². The molecular weight excluding hydrogens is 378 g/mol. The number of nitrogens with one attached hydrogen (secondary N) is 2. The van der Waals surface area contributed by atoms with Crippen molar-refractivity contribution in [3.8, 4) is 5.75 Å². The molecule has 2 aromatic heterocycles. The van der Waals surface area contributed by atoms with Crippen molar-refractivity contribution in [3.63, 3.8) is 0 Å². The second kappa shape index (κ2) is 9.05. The monoisotopic (exact) mass is 397 g/mol. The maximum atomic E-state index is 11.5. The molecule has 2 heterocycles. The van der Waals surface area contributed by atoms with E-state index in [-0.39, 0.29) is 5.75 Å². The molecule has 3 N–H and O–H groups in total. The Morgan fingerprint density at radius 1 is 1.11 bits per heavy atom. The van der Waals surface area contributed by atoms with Crippen molar-refractivity contribution in [2.45, 2.75) is 11.7 Å². The van der Waals surface area contributed by atoms with Crippen LogP contribution >= 0.6 is 11.8 Å². The molecule has 0 aliphatic carbocycles. The molecule has 0 aliphatic heterocycles. The lowest BCUT2D eigenvalue weighted by Gasteiger charge is -2.11. The molecule has 3 aromatic rings. The number of aromatic nitrogens is 3. The summed E-state index contributed by atoms with van der Waals surface area (Å²) in [5.74, 6) is 1.56. The summed E-state index contributed by atoms with van der Waals surface area (Å²) < 4.78 is 4.67. The molecule has 0 spiro atoms. The van der Waals surface area contributed by atoms with Gasteiger partial charge in [-0.2, -0.15) is 0 Å². The van der Waals surface area contributed by atoms with Crippen molar-refractivity contribution in [1.82, 2.24) is 15.0 Å². The molecule has 8 nitrogen and oxygen atoms in total. The minimum absolute atomic E-state index is 0.229. The summed E-state index contributed by atoms with van der Waals surface area (Å²) in [5, 5.41) is 16.3. The number of carbonyl (C=O) groups is 1. The number of esters is 1. The molecular formula is C19H19N5O3S. The lowest BCUT2D eigenvalue weighted by Crippen LogP contribution is -2.06. The van der Waals surface area contributed by atoms with E-state index in [9.17, 15) is 9.90 Å². The highest BCUT2D eigenvalue weighted by atomic mass is 32.2. The number of methoxy groups -OCH3 is 1. The molecule has 1 aromatic carbocycles. The van der Waals surface area contributed by atoms with Crippen LogP contribution in [0.2, 0.25) is 0 Å². The minimum Gasteiger partial charge on any atom is -0.508 e. The summed E-state index contributed by atoms with van der Waals surface area (Å²) >= 11 is 1.42. The fraction of sp³-hybridized carbons (Fsp3) is 0.158. The third kappa shape index (κ3) is 5.10. The largest absolute Gasteiger partial charge is 0.508 e. The zero-order chi connectivity index (χ0) is 19.9. The number of ether oxygens (including phenoxy) is 1. The van der Waals surface area contributed by atoms with Crippen LogP contribution < -0.4 is 10.6 Å². The van der Waals surface area contributed by atoms with Gasteiger partial charge in [0.25, 0.3) is 0 Å². The van der Waals surface area contributed by atoms with Gasteiger partial charge in [-0.25, -0.2) is 19.7 Å². The number of thioether (sulfide) groups is 1. The predicted octanol–water partition coefficient (Wildman–Crippen LogP) is 3.44. The molecule has 0 atom stereocenters. The molecule has 0 saturated heterocycles. The molecule has 0 fully saturated rings. The third-order valence-corrected chi connectivity index (χ3v) is 4.29. The summed E-state index contributed by atoms with van der Waals surface area (Å²) in [5.41, 5.74) is 1.38. The van der Waals surface area contributed by atoms with Crippen LogP contribution in [0.4, 0.5) is 17.5 Å². The number of aromatic hydroxyl groups is 1. The Bertz CT molecular complexity index is 949. The number of anilines is 3. The van der Waals surface area contributed by atoms with Crippen molar-refractivity contribution >= 4 is 35.2 Å². The Morgan fingerprint density at radius 2 is 1.86 bits per heavy atom. The first-order chi connectivity index (χ1) is 13.6. The maximum absolute atomic E-state index is 11.5. The summed E-state index contributed by atoms with van der Waals surface area (Å²) in [4.78, 5) is 24.6. The van der Waals surface area contributed by atoms with Gasteiger partial charge in [0.05, 0.1) is 12.7 Å². The van der Waals surface area contributed by atoms with E-state index in [1.165, 1.54) is 25.1 Å². The first kappa shape index (κ1) is 19.4. The number of benzene rings is 1. The third-order valence-electron chi connectivity index (χ3n) is 3.74. The van der Waals surface area contributed by atoms with E-state index in [0.29, 0.717) is 34.7 Å². The number of phenols is 1. The minimum atomic E-state index is -0.438. The van der Waals surface area contributed by atoms with E-state index >= 15 is 0 Å². The second-order valence-electron chi connectivity index (χ2n) is 5.69. The molecule has 0 saturated carbocycles.